The van der Waals surface area contributed by atoms with Gasteiger partial charge in [0.2, 0.25) is 0 Å². The van der Waals surface area contributed by atoms with Crippen molar-refractivity contribution in [2.75, 3.05) is 6.61 Å². The zero-order valence-electron chi connectivity index (χ0n) is 12.3. The highest BCUT2D eigenvalue weighted by Gasteiger charge is 2.36. The Balaban J connectivity index is 2.43. The fraction of sp³-hybridized carbons (Fsp3) is 0.412. The molecule has 0 amide bonds. The minimum absolute atomic E-state index is 0.0527. The summed E-state index contributed by atoms with van der Waals surface area (Å²) in [5.74, 6) is 0.0527. The van der Waals surface area contributed by atoms with E-state index in [0.29, 0.717) is 25.0 Å². The fourth-order valence-electron chi connectivity index (χ4n) is 2.59. The largest absolute Gasteiger partial charge is 0.367 e. The van der Waals surface area contributed by atoms with Gasteiger partial charge in [-0.3, -0.25) is 9.78 Å². The van der Waals surface area contributed by atoms with Gasteiger partial charge in [-0.1, -0.05) is 32.0 Å². The number of fused-ring (bicyclic) bond motifs is 1. The molecule has 20 heavy (non-hydrogen) atoms. The number of carbonyl (C=O) groups is 1. The van der Waals surface area contributed by atoms with Crippen LogP contribution in [0.5, 0.6) is 0 Å². The average Bonchev–Trinajstić information content (AvgIpc) is 2.51. The maximum Gasteiger partial charge on any atom is 0.194 e. The monoisotopic (exact) mass is 271 g/mol. The maximum absolute atomic E-state index is 12.8. The molecule has 2 aromatic rings. The third-order valence-electron chi connectivity index (χ3n) is 3.84. The lowest BCUT2D eigenvalue weighted by molar-refractivity contribution is -0.0250. The summed E-state index contributed by atoms with van der Waals surface area (Å²) in [5, 5.41) is 1.04. The topological polar surface area (TPSA) is 39.2 Å². The van der Waals surface area contributed by atoms with Crippen molar-refractivity contribution in [2.45, 2.75) is 39.2 Å². The van der Waals surface area contributed by atoms with E-state index in [1.54, 1.807) is 6.20 Å². The summed E-state index contributed by atoms with van der Waals surface area (Å²) in [6.07, 6.45) is 3.10. The van der Waals surface area contributed by atoms with Crippen molar-refractivity contribution in [1.29, 1.82) is 0 Å². The van der Waals surface area contributed by atoms with Crippen LogP contribution in [0.4, 0.5) is 0 Å². The van der Waals surface area contributed by atoms with Crippen molar-refractivity contribution in [1.82, 2.24) is 4.98 Å². The molecule has 3 heteroatoms. The number of ether oxygens (including phenoxy) is 1. The lowest BCUT2D eigenvalue weighted by Gasteiger charge is -2.30. The number of rotatable bonds is 6. The van der Waals surface area contributed by atoms with Crippen molar-refractivity contribution in [3.63, 3.8) is 0 Å². The van der Waals surface area contributed by atoms with Crippen molar-refractivity contribution in [3.05, 3.63) is 42.1 Å². The van der Waals surface area contributed by atoms with Gasteiger partial charge in [0.15, 0.2) is 5.78 Å². The van der Waals surface area contributed by atoms with E-state index in [-0.39, 0.29) is 5.78 Å². The Kier molecular flexibility index (Phi) is 4.50. The molecule has 0 spiro atoms. The maximum atomic E-state index is 12.8. The van der Waals surface area contributed by atoms with E-state index in [2.05, 4.69) is 4.98 Å². The standard InChI is InChI=1S/C17H21NO2/c1-4-17(5-2,20-6-3)16(19)14-10-9-13-8-7-11-18-15(13)12-14/h7-12H,4-6H2,1-3H3. The lowest BCUT2D eigenvalue weighted by Crippen LogP contribution is -2.40. The summed E-state index contributed by atoms with van der Waals surface area (Å²) in [7, 11) is 0. The van der Waals surface area contributed by atoms with Crippen molar-refractivity contribution >= 4 is 16.7 Å². The van der Waals surface area contributed by atoms with Gasteiger partial charge in [-0.05, 0) is 31.9 Å². The number of carbonyl (C=O) groups excluding carboxylic acids is 1. The first-order chi connectivity index (χ1) is 9.66. The second-order valence-corrected chi connectivity index (χ2v) is 4.87. The Bertz CT molecular complexity index is 603. The van der Waals surface area contributed by atoms with Crippen LogP contribution >= 0.6 is 0 Å². The molecule has 106 valence electrons. The van der Waals surface area contributed by atoms with Crippen molar-refractivity contribution in [3.8, 4) is 0 Å². The third kappa shape index (κ3) is 2.59. The molecule has 0 fully saturated rings. The van der Waals surface area contributed by atoms with Crippen molar-refractivity contribution in [2.24, 2.45) is 0 Å². The van der Waals surface area contributed by atoms with Crippen molar-refractivity contribution < 1.29 is 9.53 Å². The second-order valence-electron chi connectivity index (χ2n) is 4.87. The van der Waals surface area contributed by atoms with E-state index in [4.69, 9.17) is 4.74 Å². The van der Waals surface area contributed by atoms with Crippen LogP contribution in [-0.4, -0.2) is 23.0 Å². The van der Waals surface area contributed by atoms with Crippen LogP contribution in [0.25, 0.3) is 10.9 Å². The number of hydrogen-bond donors (Lipinski definition) is 0. The van der Waals surface area contributed by atoms with Gasteiger partial charge < -0.3 is 4.74 Å². The van der Waals surface area contributed by atoms with E-state index < -0.39 is 5.60 Å². The van der Waals surface area contributed by atoms with Crippen LogP contribution in [0.15, 0.2) is 36.5 Å². The summed E-state index contributed by atoms with van der Waals surface area (Å²) in [6, 6.07) is 9.55. The van der Waals surface area contributed by atoms with Gasteiger partial charge in [0.25, 0.3) is 0 Å². The third-order valence-corrected chi connectivity index (χ3v) is 3.84. The van der Waals surface area contributed by atoms with E-state index in [0.717, 1.165) is 10.9 Å². The molecule has 0 saturated heterocycles. The Morgan fingerprint density at radius 2 is 1.95 bits per heavy atom. The fourth-order valence-corrected chi connectivity index (χ4v) is 2.59. The molecule has 0 bridgehead atoms. The van der Waals surface area contributed by atoms with E-state index in [9.17, 15) is 4.79 Å². The Labute approximate surface area is 120 Å². The predicted molar refractivity (Wildman–Crippen MR) is 81.0 cm³/mol. The highest BCUT2D eigenvalue weighted by Crippen LogP contribution is 2.27. The lowest BCUT2D eigenvalue weighted by atomic mass is 9.87. The normalized spacial score (nSPS) is 11.8. The van der Waals surface area contributed by atoms with Crippen LogP contribution in [0.3, 0.4) is 0 Å². The number of pyridine rings is 1. The van der Waals surface area contributed by atoms with Gasteiger partial charge in [-0.15, -0.1) is 0 Å². The zero-order valence-corrected chi connectivity index (χ0v) is 12.3. The Morgan fingerprint density at radius 3 is 2.60 bits per heavy atom. The summed E-state index contributed by atoms with van der Waals surface area (Å²) in [6.45, 7) is 6.46. The molecule has 0 saturated carbocycles. The molecule has 0 unspecified atom stereocenters. The number of benzene rings is 1. The second kappa shape index (κ2) is 6.14. The molecule has 0 aliphatic heterocycles. The van der Waals surface area contributed by atoms with E-state index >= 15 is 0 Å². The zero-order chi connectivity index (χ0) is 14.6. The van der Waals surface area contributed by atoms with Crippen LogP contribution < -0.4 is 0 Å². The smallest absolute Gasteiger partial charge is 0.194 e. The molecular weight excluding hydrogens is 250 g/mol. The number of Topliss-reactive ketones (excluding diaryl/α,β-unsaturated/α-hetero) is 1. The van der Waals surface area contributed by atoms with Crippen LogP contribution in [0.2, 0.25) is 0 Å². The highest BCUT2D eigenvalue weighted by atomic mass is 16.5. The van der Waals surface area contributed by atoms with E-state index in [1.165, 1.54) is 0 Å². The first-order valence-corrected chi connectivity index (χ1v) is 7.20. The quantitative estimate of drug-likeness (QED) is 0.745. The van der Waals surface area contributed by atoms with Crippen LogP contribution in [0.1, 0.15) is 44.0 Å². The summed E-state index contributed by atoms with van der Waals surface area (Å²) in [4.78, 5) is 17.1. The van der Waals surface area contributed by atoms with Gasteiger partial charge in [0.1, 0.15) is 5.60 Å². The van der Waals surface area contributed by atoms with Gasteiger partial charge >= 0.3 is 0 Å². The Morgan fingerprint density at radius 1 is 1.20 bits per heavy atom. The summed E-state index contributed by atoms with van der Waals surface area (Å²) in [5.41, 5.74) is 0.807. The minimum atomic E-state index is -0.711. The minimum Gasteiger partial charge on any atom is -0.367 e. The molecule has 2 rings (SSSR count). The molecule has 0 N–H and O–H groups in total. The van der Waals surface area contributed by atoms with Gasteiger partial charge in [-0.2, -0.15) is 0 Å². The SMILES string of the molecule is CCOC(CC)(CC)C(=O)c1ccc2cccnc2c1. The molecule has 0 aliphatic rings. The molecule has 0 atom stereocenters. The molecule has 0 radical (unpaired) electrons. The number of hydrogen-bond acceptors (Lipinski definition) is 3. The first-order valence-electron chi connectivity index (χ1n) is 7.20. The molecule has 0 aliphatic carbocycles. The summed E-state index contributed by atoms with van der Waals surface area (Å²) >= 11 is 0. The molecule has 1 aromatic carbocycles. The number of nitrogens with zero attached hydrogens (tertiary/aromatic N) is 1. The number of ketones is 1. The van der Waals surface area contributed by atoms with E-state index in [1.807, 2.05) is 51.1 Å². The van der Waals surface area contributed by atoms with Gasteiger partial charge in [0.05, 0.1) is 5.52 Å². The van der Waals surface area contributed by atoms with Gasteiger partial charge in [0, 0.05) is 23.8 Å². The van der Waals surface area contributed by atoms with Gasteiger partial charge in [-0.25, -0.2) is 0 Å². The van der Waals surface area contributed by atoms with Crippen LogP contribution in [-0.2, 0) is 4.74 Å². The van der Waals surface area contributed by atoms with Crippen LogP contribution in [0, 0.1) is 0 Å². The summed E-state index contributed by atoms with van der Waals surface area (Å²) < 4.78 is 5.79. The number of aromatic nitrogens is 1. The molecule has 1 aromatic heterocycles. The highest BCUT2D eigenvalue weighted by molar-refractivity contribution is 6.04. The predicted octanol–water partition coefficient (Wildman–Crippen LogP) is 4.01. The molecular formula is C17H21NO2. The molecule has 1 heterocycles. The first kappa shape index (κ1) is 14.7. The Hall–Kier alpha value is -1.74. The average molecular weight is 271 g/mol. The molecule has 3 nitrogen and oxygen atoms in total.